The molecule has 2 aromatic rings. The molecule has 0 atom stereocenters. The van der Waals surface area contributed by atoms with Crippen molar-refractivity contribution in [2.75, 3.05) is 12.3 Å². The minimum absolute atomic E-state index is 0.0238. The topological polar surface area (TPSA) is 112 Å². The molecular formula is C20H22F3N5O3. The molecule has 0 bridgehead atoms. The quantitative estimate of drug-likeness (QED) is 0.608. The van der Waals surface area contributed by atoms with Crippen molar-refractivity contribution in [2.45, 2.75) is 33.5 Å². The van der Waals surface area contributed by atoms with Gasteiger partial charge in [-0.15, -0.1) is 0 Å². The Morgan fingerprint density at radius 2 is 2.00 bits per heavy atom. The molecule has 0 unspecified atom stereocenters. The van der Waals surface area contributed by atoms with Crippen molar-refractivity contribution in [3.05, 3.63) is 59.5 Å². The highest BCUT2D eigenvalue weighted by Gasteiger charge is 2.29. The molecule has 3 N–H and O–H groups in total. The number of aromatic nitrogens is 3. The Labute approximate surface area is 177 Å². The molecule has 0 saturated heterocycles. The Balaban J connectivity index is 2.13. The molecule has 2 heterocycles. The van der Waals surface area contributed by atoms with Crippen molar-refractivity contribution in [1.82, 2.24) is 20.3 Å². The first kappa shape index (κ1) is 23.6. The molecule has 31 heavy (non-hydrogen) atoms. The molecule has 0 saturated carbocycles. The summed E-state index contributed by atoms with van der Waals surface area (Å²) in [6.45, 7) is 7.17. The van der Waals surface area contributed by atoms with E-state index in [-0.39, 0.29) is 29.6 Å². The summed E-state index contributed by atoms with van der Waals surface area (Å²) in [5.41, 5.74) is 7.15. The molecule has 0 aliphatic carbocycles. The molecule has 0 radical (unpaired) electrons. The second-order valence-corrected chi connectivity index (χ2v) is 6.37. The Bertz CT molecular complexity index is 1010. The Morgan fingerprint density at radius 3 is 2.65 bits per heavy atom. The maximum absolute atomic E-state index is 12.5. The Hall–Kier alpha value is -3.63. The predicted molar refractivity (Wildman–Crippen MR) is 108 cm³/mol. The number of carbonyl (C=O) groups excluding carboxylic acids is 1. The van der Waals surface area contributed by atoms with Crippen LogP contribution in [0.2, 0.25) is 0 Å². The standard InChI is InChI=1S/C20H22F3N5O3/c1-5-8-30-13(4)16-12(3)27-17(18(24)28-16)19(29)26-9-14-11(2)15(6-7-25-14)31-10-20(21,22)23/h5-8H,4,9-10H2,1-3H3,(H2,24,28)(H,26,29)/b8-5-. The number of nitrogens with two attached hydrogens (primary N) is 1. The zero-order valence-corrected chi connectivity index (χ0v) is 17.2. The van der Waals surface area contributed by atoms with Gasteiger partial charge in [0.25, 0.3) is 5.91 Å². The van der Waals surface area contributed by atoms with Crippen LogP contribution in [0.15, 0.2) is 31.2 Å². The predicted octanol–water partition coefficient (Wildman–Crippen LogP) is 3.46. The van der Waals surface area contributed by atoms with Gasteiger partial charge in [-0.2, -0.15) is 13.2 Å². The lowest BCUT2D eigenvalue weighted by Gasteiger charge is -2.14. The SMILES string of the molecule is C=C(O/C=C\C)c1nc(N)c(C(=O)NCc2nccc(OCC(F)(F)F)c2C)nc1C. The number of rotatable bonds is 8. The number of amides is 1. The van der Waals surface area contributed by atoms with Crippen LogP contribution >= 0.6 is 0 Å². The summed E-state index contributed by atoms with van der Waals surface area (Å²) in [6, 6.07) is 1.32. The number of hydrogen-bond acceptors (Lipinski definition) is 7. The van der Waals surface area contributed by atoms with Crippen molar-refractivity contribution in [2.24, 2.45) is 0 Å². The zero-order chi connectivity index (χ0) is 23.2. The van der Waals surface area contributed by atoms with Crippen molar-refractivity contribution in [3.8, 4) is 5.75 Å². The van der Waals surface area contributed by atoms with Gasteiger partial charge in [-0.25, -0.2) is 9.97 Å². The molecule has 2 aromatic heterocycles. The first-order valence-corrected chi connectivity index (χ1v) is 9.07. The maximum atomic E-state index is 12.5. The number of carbonyl (C=O) groups is 1. The third-order valence-corrected chi connectivity index (χ3v) is 3.99. The van der Waals surface area contributed by atoms with E-state index in [1.54, 1.807) is 26.8 Å². The lowest BCUT2D eigenvalue weighted by molar-refractivity contribution is -0.153. The maximum Gasteiger partial charge on any atom is 0.422 e. The van der Waals surface area contributed by atoms with Crippen LogP contribution in [0, 0.1) is 13.8 Å². The highest BCUT2D eigenvalue weighted by atomic mass is 19.4. The molecule has 0 aromatic carbocycles. The summed E-state index contributed by atoms with van der Waals surface area (Å²) in [5, 5.41) is 2.58. The molecular weight excluding hydrogens is 415 g/mol. The normalized spacial score (nSPS) is 11.4. The first-order chi connectivity index (χ1) is 14.5. The first-order valence-electron chi connectivity index (χ1n) is 9.07. The van der Waals surface area contributed by atoms with Crippen LogP contribution in [0.4, 0.5) is 19.0 Å². The van der Waals surface area contributed by atoms with Gasteiger partial charge >= 0.3 is 6.18 Å². The second kappa shape index (κ2) is 9.92. The van der Waals surface area contributed by atoms with Crippen molar-refractivity contribution in [1.29, 1.82) is 0 Å². The van der Waals surface area contributed by atoms with Gasteiger partial charge in [0.05, 0.1) is 24.2 Å². The summed E-state index contributed by atoms with van der Waals surface area (Å²) in [4.78, 5) is 24.9. The van der Waals surface area contributed by atoms with Crippen molar-refractivity contribution < 1.29 is 27.4 Å². The zero-order valence-electron chi connectivity index (χ0n) is 17.2. The van der Waals surface area contributed by atoms with Crippen LogP contribution in [0.25, 0.3) is 5.76 Å². The smallest absolute Gasteiger partial charge is 0.422 e. The minimum Gasteiger partial charge on any atom is -0.484 e. The van der Waals surface area contributed by atoms with Crippen LogP contribution in [-0.4, -0.2) is 33.6 Å². The van der Waals surface area contributed by atoms with Gasteiger partial charge in [0.2, 0.25) is 0 Å². The largest absolute Gasteiger partial charge is 0.484 e. The highest BCUT2D eigenvalue weighted by molar-refractivity contribution is 5.96. The van der Waals surface area contributed by atoms with Gasteiger partial charge in [0.15, 0.2) is 18.1 Å². The number of nitrogen functional groups attached to an aromatic ring is 1. The molecule has 166 valence electrons. The Morgan fingerprint density at radius 1 is 1.29 bits per heavy atom. The summed E-state index contributed by atoms with van der Waals surface area (Å²) in [6.07, 6.45) is -0.0857. The van der Waals surface area contributed by atoms with Gasteiger partial charge in [0, 0.05) is 11.8 Å². The van der Waals surface area contributed by atoms with Crippen molar-refractivity contribution >= 4 is 17.5 Å². The summed E-state index contributed by atoms with van der Waals surface area (Å²) in [7, 11) is 0. The molecule has 0 fully saturated rings. The van der Waals surface area contributed by atoms with E-state index in [0.717, 1.165) is 0 Å². The number of anilines is 1. The lowest BCUT2D eigenvalue weighted by atomic mass is 10.2. The molecule has 0 spiro atoms. The van der Waals surface area contributed by atoms with Crippen molar-refractivity contribution in [3.63, 3.8) is 0 Å². The number of allylic oxidation sites excluding steroid dienone is 1. The minimum atomic E-state index is -4.46. The summed E-state index contributed by atoms with van der Waals surface area (Å²) < 4.78 is 47.2. The fourth-order valence-electron chi connectivity index (χ4n) is 2.47. The van der Waals surface area contributed by atoms with Crippen LogP contribution < -0.4 is 15.8 Å². The molecule has 8 nitrogen and oxygen atoms in total. The van der Waals surface area contributed by atoms with Crippen LogP contribution in [0.1, 0.15) is 40.1 Å². The van der Waals surface area contributed by atoms with E-state index in [1.807, 2.05) is 0 Å². The number of nitrogens with zero attached hydrogens (tertiary/aromatic N) is 3. The van der Waals surface area contributed by atoms with E-state index < -0.39 is 18.7 Å². The van der Waals surface area contributed by atoms with Gasteiger partial charge in [-0.1, -0.05) is 12.7 Å². The lowest BCUT2D eigenvalue weighted by Crippen LogP contribution is -2.27. The van der Waals surface area contributed by atoms with E-state index in [4.69, 9.17) is 15.2 Å². The van der Waals surface area contributed by atoms with Crippen LogP contribution in [0.3, 0.4) is 0 Å². The molecule has 11 heteroatoms. The number of pyridine rings is 1. The van der Waals surface area contributed by atoms with Gasteiger partial charge < -0.3 is 20.5 Å². The fraction of sp³-hybridized carbons (Fsp3) is 0.300. The number of nitrogens with one attached hydrogen (secondary N) is 1. The summed E-state index contributed by atoms with van der Waals surface area (Å²) in [5.74, 6) is -0.509. The second-order valence-electron chi connectivity index (χ2n) is 6.37. The Kier molecular flexibility index (Phi) is 7.56. The van der Waals surface area contributed by atoms with E-state index in [9.17, 15) is 18.0 Å². The van der Waals surface area contributed by atoms with Crippen LogP contribution in [0.5, 0.6) is 5.75 Å². The van der Waals surface area contributed by atoms with E-state index in [2.05, 4.69) is 26.8 Å². The molecule has 0 aliphatic heterocycles. The van der Waals surface area contributed by atoms with Gasteiger partial charge in [-0.3, -0.25) is 9.78 Å². The van der Waals surface area contributed by atoms with E-state index >= 15 is 0 Å². The van der Waals surface area contributed by atoms with E-state index in [0.29, 0.717) is 22.6 Å². The summed E-state index contributed by atoms with van der Waals surface area (Å²) >= 11 is 0. The van der Waals surface area contributed by atoms with Gasteiger partial charge in [0.1, 0.15) is 17.2 Å². The third kappa shape index (κ3) is 6.43. The number of halogens is 3. The fourth-order valence-corrected chi connectivity index (χ4v) is 2.47. The molecule has 1 amide bonds. The molecule has 0 aliphatic rings. The van der Waals surface area contributed by atoms with Crippen LogP contribution in [-0.2, 0) is 11.3 Å². The number of alkyl halides is 3. The molecule has 2 rings (SSSR count). The van der Waals surface area contributed by atoms with Gasteiger partial charge in [-0.05, 0) is 26.8 Å². The number of aryl methyl sites for hydroxylation is 1. The number of ether oxygens (including phenoxy) is 2. The third-order valence-electron chi connectivity index (χ3n) is 3.99. The average Bonchev–Trinajstić information content (AvgIpc) is 2.70. The van der Waals surface area contributed by atoms with E-state index in [1.165, 1.54) is 18.5 Å². The average molecular weight is 437 g/mol. The highest BCUT2D eigenvalue weighted by Crippen LogP contribution is 2.23. The monoisotopic (exact) mass is 437 g/mol. The number of hydrogen-bond donors (Lipinski definition) is 2.